The van der Waals surface area contributed by atoms with Crippen LogP contribution in [0, 0.1) is 28.7 Å². The van der Waals surface area contributed by atoms with Gasteiger partial charge in [0.2, 0.25) is 0 Å². The second-order valence-electron chi connectivity index (χ2n) is 15.5. The first-order valence-corrected chi connectivity index (χ1v) is 21.7. The summed E-state index contributed by atoms with van der Waals surface area (Å²) < 4.78 is 0. The van der Waals surface area contributed by atoms with E-state index in [9.17, 15) is 0 Å². The predicted octanol–water partition coefficient (Wildman–Crippen LogP) is 15.3. The molecule has 0 fully saturated rings. The first-order chi connectivity index (χ1) is 23.9. The van der Waals surface area contributed by atoms with Crippen LogP contribution in [0.3, 0.4) is 0 Å². The van der Waals surface area contributed by atoms with Crippen molar-refractivity contribution in [3.63, 3.8) is 0 Å². The van der Waals surface area contributed by atoms with Gasteiger partial charge in [0, 0.05) is 0 Å². The van der Waals surface area contributed by atoms with Crippen molar-refractivity contribution in [1.82, 2.24) is 0 Å². The first-order valence-electron chi connectivity index (χ1n) is 17.5. The van der Waals surface area contributed by atoms with Crippen LogP contribution in [0.5, 0.6) is 0 Å². The minimum atomic E-state index is 0. The molecule has 0 spiro atoms. The van der Waals surface area contributed by atoms with Crippen LogP contribution in [-0.2, 0) is 34.2 Å². The molecule has 8 rings (SSSR count). The molecule has 0 aliphatic heterocycles. The van der Waals surface area contributed by atoms with Crippen molar-refractivity contribution >= 4 is 74.8 Å². The molecule has 0 bridgehead atoms. The van der Waals surface area contributed by atoms with Gasteiger partial charge < -0.3 is 14.9 Å². The van der Waals surface area contributed by atoms with Crippen molar-refractivity contribution in [2.75, 3.05) is 0 Å². The zero-order chi connectivity index (χ0) is 35.8. The number of hydrogen-bond donors (Lipinski definition) is 0. The Morgan fingerprint density at radius 2 is 0.778 bits per heavy atom. The van der Waals surface area contributed by atoms with Crippen molar-refractivity contribution in [3.05, 3.63) is 171 Å². The average Bonchev–Trinajstić information content (AvgIpc) is 3.66. The quantitative estimate of drug-likeness (QED) is 0.120. The summed E-state index contributed by atoms with van der Waals surface area (Å²) in [7, 11) is 0. The molecule has 0 saturated carbocycles. The van der Waals surface area contributed by atoms with Crippen LogP contribution in [0.1, 0.15) is 63.8 Å². The molecule has 280 valence electrons. The molecule has 0 saturated heterocycles. The Morgan fingerprint density at radius 3 is 1.11 bits per heavy atom. The van der Waals surface area contributed by atoms with Gasteiger partial charge in [-0.25, -0.2) is 0 Å². The summed E-state index contributed by atoms with van der Waals surface area (Å²) in [5.74, 6) is 0. The number of hydrogen-bond acceptors (Lipinski definition) is 0. The van der Waals surface area contributed by atoms with E-state index >= 15 is 0 Å². The fourth-order valence-electron chi connectivity index (χ4n) is 7.77. The fourth-order valence-corrected chi connectivity index (χ4v) is 7.77. The van der Waals surface area contributed by atoms with E-state index in [2.05, 4.69) is 196 Å². The zero-order valence-electron chi connectivity index (χ0n) is 33.5. The SMILES string of the molecule is Cc1c(C(C)(C)C)[cH-]c2cccc(-c3ccc4ccccc4c3)c12.Cc1c(C(C)(C)C)[cH-]c2cccc(-c3ccc4ccccc4c3)c12.Cl.Cl.[CH3-].[CH3-].[Si]=[Zr]. The summed E-state index contributed by atoms with van der Waals surface area (Å²) in [6.45, 7) is 21.4. The fraction of sp³-hybridized carbons (Fsp3) is 0.200. The molecule has 54 heavy (non-hydrogen) atoms. The molecule has 0 atom stereocenters. The number of rotatable bonds is 2. The Hall–Kier alpha value is -3.26. The third-order valence-corrected chi connectivity index (χ3v) is 10.1. The minimum absolute atomic E-state index is 0. The summed E-state index contributed by atoms with van der Waals surface area (Å²) in [6.07, 6.45) is 0. The molecule has 0 N–H and O–H groups in total. The van der Waals surface area contributed by atoms with Crippen molar-refractivity contribution in [2.45, 2.75) is 66.2 Å². The number of fused-ring (bicyclic) bond motifs is 4. The molecule has 0 amide bonds. The Kier molecular flexibility index (Phi) is 16.6. The van der Waals surface area contributed by atoms with Gasteiger partial charge in [0.05, 0.1) is 0 Å². The second-order valence-corrected chi connectivity index (χ2v) is 15.5. The maximum absolute atomic E-state index is 3.06. The van der Waals surface area contributed by atoms with Gasteiger partial charge in [0.25, 0.3) is 0 Å². The van der Waals surface area contributed by atoms with Gasteiger partial charge in [0.15, 0.2) is 0 Å². The number of halogens is 2. The molecular formula is C50H54Cl2SiZr-4. The van der Waals surface area contributed by atoms with Gasteiger partial charge in [0.1, 0.15) is 0 Å². The van der Waals surface area contributed by atoms with E-state index in [1.54, 1.807) is 0 Å². The van der Waals surface area contributed by atoms with E-state index in [1.165, 1.54) is 111 Å². The summed E-state index contributed by atoms with van der Waals surface area (Å²) in [5.41, 5.74) is 11.4. The Labute approximate surface area is 354 Å². The normalized spacial score (nSPS) is 10.9. The van der Waals surface area contributed by atoms with Crippen LogP contribution in [0.2, 0.25) is 0 Å². The van der Waals surface area contributed by atoms with E-state index in [1.807, 2.05) is 0 Å². The topological polar surface area (TPSA) is 0 Å². The van der Waals surface area contributed by atoms with Gasteiger partial charge in [-0.3, -0.25) is 0 Å². The summed E-state index contributed by atoms with van der Waals surface area (Å²) in [6, 6.07) is 48.8. The Balaban J connectivity index is 0.000000334. The molecule has 0 aliphatic rings. The molecule has 8 aromatic rings. The van der Waals surface area contributed by atoms with E-state index < -0.39 is 0 Å². The van der Waals surface area contributed by atoms with Crippen LogP contribution in [0.4, 0.5) is 0 Å². The average molecular weight is 845 g/mol. The monoisotopic (exact) mass is 842 g/mol. The van der Waals surface area contributed by atoms with Crippen LogP contribution >= 0.6 is 24.8 Å². The third-order valence-electron chi connectivity index (χ3n) is 10.1. The van der Waals surface area contributed by atoms with Gasteiger partial charge in [-0.1, -0.05) is 151 Å². The Bertz CT molecular complexity index is 2290. The summed E-state index contributed by atoms with van der Waals surface area (Å²) >= 11 is 1.36. The molecular weight excluding hydrogens is 791 g/mol. The second kappa shape index (κ2) is 19.1. The zero-order valence-corrected chi connectivity index (χ0v) is 38.6. The van der Waals surface area contributed by atoms with Crippen LogP contribution in [0.15, 0.2) is 133 Å². The molecule has 0 heterocycles. The van der Waals surface area contributed by atoms with E-state index in [-0.39, 0.29) is 50.5 Å². The van der Waals surface area contributed by atoms with E-state index in [0.717, 1.165) is 0 Å². The molecule has 0 aromatic heterocycles. The van der Waals surface area contributed by atoms with Gasteiger partial charge >= 0.3 is 30.2 Å². The molecule has 8 aromatic carbocycles. The third kappa shape index (κ3) is 9.39. The van der Waals surface area contributed by atoms with Crippen molar-refractivity contribution in [2.24, 2.45) is 0 Å². The van der Waals surface area contributed by atoms with Gasteiger partial charge in [-0.05, 0) is 55.6 Å². The Morgan fingerprint density at radius 1 is 0.444 bits per heavy atom. The van der Waals surface area contributed by atoms with Crippen molar-refractivity contribution in [3.8, 4) is 22.3 Å². The maximum atomic E-state index is 3.06. The van der Waals surface area contributed by atoms with E-state index in [0.29, 0.717) is 0 Å². The van der Waals surface area contributed by atoms with Gasteiger partial charge in [-0.2, -0.15) is 11.1 Å². The predicted molar refractivity (Wildman–Crippen MR) is 245 cm³/mol. The van der Waals surface area contributed by atoms with E-state index in [4.69, 9.17) is 0 Å². The van der Waals surface area contributed by atoms with Crippen LogP contribution < -0.4 is 0 Å². The number of aryl methyl sites for hydroxylation is 2. The van der Waals surface area contributed by atoms with Crippen molar-refractivity contribution in [1.29, 1.82) is 0 Å². The van der Waals surface area contributed by atoms with Gasteiger partial charge in [-0.15, -0.1) is 93.9 Å². The van der Waals surface area contributed by atoms with Crippen LogP contribution in [0.25, 0.3) is 65.3 Å². The molecule has 4 heteroatoms. The molecule has 0 aliphatic carbocycles. The standard InChI is InChI=1S/2C24H23.2CH3.2ClH.Si.Zr/c2*1-16-22(24(2,3)4)15-20-10-7-11-21(23(16)20)19-13-12-17-8-5-6-9-18(17)14-19;;;;;;/h2*5-15H,1-4H3;2*1H3;2*1H;;/q4*-1;;;;. The summed E-state index contributed by atoms with van der Waals surface area (Å²) in [4.78, 5) is 0. The molecule has 0 nitrogen and oxygen atoms in total. The van der Waals surface area contributed by atoms with Crippen LogP contribution in [-0.4, -0.2) is 6.88 Å². The summed E-state index contributed by atoms with van der Waals surface area (Å²) in [5, 5.41) is 10.7. The number of benzene rings is 6. The molecule has 0 unspecified atom stereocenters. The molecule has 2 radical (unpaired) electrons. The first kappa shape index (κ1) is 46.9. The van der Waals surface area contributed by atoms with Crippen molar-refractivity contribution < 1.29 is 23.3 Å².